The third-order valence-corrected chi connectivity index (χ3v) is 4.14. The number of ether oxygens (including phenoxy) is 1. The van der Waals surface area contributed by atoms with Gasteiger partial charge < -0.3 is 10.1 Å². The molecule has 6 heteroatoms. The standard InChI is InChI=1S/C15H14N2O3S/c1-10-5-6-13(21-10)14(18)16-11-3-2-4-12(9-11)17-7-8-20-15(17)19/h2-6,9H,7-8H2,1H3,(H,16,18). The predicted molar refractivity (Wildman–Crippen MR) is 82.1 cm³/mol. The molecule has 108 valence electrons. The van der Waals surface area contributed by atoms with Crippen LogP contribution in [0.5, 0.6) is 0 Å². The Bertz CT molecular complexity index is 696. The highest BCUT2D eigenvalue weighted by Gasteiger charge is 2.23. The van der Waals surface area contributed by atoms with Crippen molar-refractivity contribution in [1.29, 1.82) is 0 Å². The van der Waals surface area contributed by atoms with Crippen molar-refractivity contribution in [3.8, 4) is 0 Å². The summed E-state index contributed by atoms with van der Waals surface area (Å²) in [6, 6.07) is 10.9. The molecule has 2 heterocycles. The molecule has 21 heavy (non-hydrogen) atoms. The van der Waals surface area contributed by atoms with Crippen molar-refractivity contribution in [2.45, 2.75) is 6.92 Å². The smallest absolute Gasteiger partial charge is 0.414 e. The lowest BCUT2D eigenvalue weighted by Gasteiger charge is -2.14. The van der Waals surface area contributed by atoms with E-state index in [9.17, 15) is 9.59 Å². The summed E-state index contributed by atoms with van der Waals surface area (Å²) >= 11 is 1.45. The Hall–Kier alpha value is -2.34. The number of aryl methyl sites for hydroxylation is 1. The average molecular weight is 302 g/mol. The van der Waals surface area contributed by atoms with Crippen LogP contribution in [0, 0.1) is 6.92 Å². The summed E-state index contributed by atoms with van der Waals surface area (Å²) < 4.78 is 4.91. The Morgan fingerprint density at radius 2 is 2.19 bits per heavy atom. The maximum atomic E-state index is 12.1. The molecule has 5 nitrogen and oxygen atoms in total. The first-order valence-electron chi connectivity index (χ1n) is 6.55. The zero-order valence-corrected chi connectivity index (χ0v) is 12.3. The van der Waals surface area contributed by atoms with Gasteiger partial charge in [0.1, 0.15) is 6.61 Å². The first-order chi connectivity index (χ1) is 10.1. The van der Waals surface area contributed by atoms with Crippen LogP contribution >= 0.6 is 11.3 Å². The Balaban J connectivity index is 1.77. The second-order valence-electron chi connectivity index (χ2n) is 4.68. The number of carbonyl (C=O) groups excluding carboxylic acids is 2. The number of hydrogen-bond donors (Lipinski definition) is 1. The largest absolute Gasteiger partial charge is 0.447 e. The van der Waals surface area contributed by atoms with Gasteiger partial charge in [0.15, 0.2) is 0 Å². The second kappa shape index (κ2) is 5.57. The van der Waals surface area contributed by atoms with Gasteiger partial charge in [-0.2, -0.15) is 0 Å². The normalized spacial score (nSPS) is 14.1. The molecule has 0 spiro atoms. The van der Waals surface area contributed by atoms with Crippen LogP contribution in [0.3, 0.4) is 0 Å². The van der Waals surface area contributed by atoms with E-state index in [0.29, 0.717) is 23.7 Å². The van der Waals surface area contributed by atoms with E-state index >= 15 is 0 Å². The molecule has 1 N–H and O–H groups in total. The van der Waals surface area contributed by atoms with Crippen molar-refractivity contribution in [2.24, 2.45) is 0 Å². The lowest BCUT2D eigenvalue weighted by molar-refractivity contribution is 0.103. The summed E-state index contributed by atoms with van der Waals surface area (Å²) in [6.07, 6.45) is -0.354. The van der Waals surface area contributed by atoms with Crippen molar-refractivity contribution in [2.75, 3.05) is 23.4 Å². The van der Waals surface area contributed by atoms with E-state index in [1.807, 2.05) is 19.1 Å². The van der Waals surface area contributed by atoms with E-state index in [1.54, 1.807) is 29.2 Å². The molecule has 3 rings (SSSR count). The second-order valence-corrected chi connectivity index (χ2v) is 5.97. The molecule has 2 aromatic rings. The van der Waals surface area contributed by atoms with Crippen molar-refractivity contribution in [3.63, 3.8) is 0 Å². The minimum atomic E-state index is -0.354. The molecule has 0 atom stereocenters. The molecule has 2 amide bonds. The summed E-state index contributed by atoms with van der Waals surface area (Å²) in [7, 11) is 0. The molecule has 0 saturated carbocycles. The van der Waals surface area contributed by atoms with E-state index in [2.05, 4.69) is 5.32 Å². The molecular weight excluding hydrogens is 288 g/mol. The van der Waals surface area contributed by atoms with Crippen LogP contribution in [0.25, 0.3) is 0 Å². The topological polar surface area (TPSA) is 58.6 Å². The van der Waals surface area contributed by atoms with Gasteiger partial charge >= 0.3 is 6.09 Å². The van der Waals surface area contributed by atoms with Crippen molar-refractivity contribution in [3.05, 3.63) is 46.2 Å². The van der Waals surface area contributed by atoms with Crippen molar-refractivity contribution < 1.29 is 14.3 Å². The number of rotatable bonds is 3. The first-order valence-corrected chi connectivity index (χ1v) is 7.37. The van der Waals surface area contributed by atoms with Crippen LogP contribution < -0.4 is 10.2 Å². The van der Waals surface area contributed by atoms with Gasteiger partial charge in [-0.05, 0) is 37.3 Å². The molecule has 0 radical (unpaired) electrons. The SMILES string of the molecule is Cc1ccc(C(=O)Nc2cccc(N3CCOC3=O)c2)s1. The fraction of sp³-hybridized carbons (Fsp3) is 0.200. The number of thiophene rings is 1. The summed E-state index contributed by atoms with van der Waals surface area (Å²) in [5, 5.41) is 2.84. The number of hydrogen-bond acceptors (Lipinski definition) is 4. The predicted octanol–water partition coefficient (Wildman–Crippen LogP) is 3.27. The summed E-state index contributed by atoms with van der Waals surface area (Å²) in [6.45, 7) is 2.88. The summed E-state index contributed by atoms with van der Waals surface area (Å²) in [4.78, 5) is 27.0. The maximum absolute atomic E-state index is 12.1. The quantitative estimate of drug-likeness (QED) is 0.946. The van der Waals surface area contributed by atoms with Gasteiger partial charge in [-0.25, -0.2) is 4.79 Å². The summed E-state index contributed by atoms with van der Waals surface area (Å²) in [5.41, 5.74) is 1.38. The average Bonchev–Trinajstić information content (AvgIpc) is 3.08. The molecule has 1 aliphatic heterocycles. The van der Waals surface area contributed by atoms with Crippen molar-refractivity contribution in [1.82, 2.24) is 0 Å². The number of nitrogens with one attached hydrogen (secondary N) is 1. The van der Waals surface area contributed by atoms with E-state index in [1.165, 1.54) is 11.3 Å². The number of cyclic esters (lactones) is 1. The number of anilines is 2. The molecule has 0 unspecified atom stereocenters. The van der Waals surface area contributed by atoms with E-state index in [0.717, 1.165) is 10.6 Å². The minimum absolute atomic E-state index is 0.144. The minimum Gasteiger partial charge on any atom is -0.447 e. The van der Waals surface area contributed by atoms with E-state index in [4.69, 9.17) is 4.74 Å². The van der Waals surface area contributed by atoms with Gasteiger partial charge in [-0.3, -0.25) is 9.69 Å². The third-order valence-electron chi connectivity index (χ3n) is 3.14. The molecule has 1 aromatic carbocycles. The number of amides is 2. The molecule has 1 fully saturated rings. The van der Waals surface area contributed by atoms with Gasteiger partial charge in [0, 0.05) is 16.3 Å². The van der Waals surface area contributed by atoms with Crippen molar-refractivity contribution >= 4 is 34.7 Å². The molecular formula is C15H14N2O3S. The highest BCUT2D eigenvalue weighted by molar-refractivity contribution is 7.14. The van der Waals surface area contributed by atoms with Gasteiger partial charge in [0.05, 0.1) is 11.4 Å². The highest BCUT2D eigenvalue weighted by Crippen LogP contribution is 2.23. The molecule has 1 aromatic heterocycles. The van der Waals surface area contributed by atoms with E-state index < -0.39 is 0 Å². The number of carbonyl (C=O) groups is 2. The van der Waals surface area contributed by atoms with Gasteiger partial charge in [-0.1, -0.05) is 6.07 Å². The van der Waals surface area contributed by atoms with Crippen LogP contribution in [0.1, 0.15) is 14.5 Å². The maximum Gasteiger partial charge on any atom is 0.414 e. The zero-order valence-electron chi connectivity index (χ0n) is 11.5. The number of benzene rings is 1. The van der Waals surface area contributed by atoms with Crippen LogP contribution in [-0.2, 0) is 4.74 Å². The van der Waals surface area contributed by atoms with E-state index in [-0.39, 0.29) is 12.0 Å². The third kappa shape index (κ3) is 2.90. The highest BCUT2D eigenvalue weighted by atomic mass is 32.1. The van der Waals surface area contributed by atoms with Crippen LogP contribution in [0.2, 0.25) is 0 Å². The lowest BCUT2D eigenvalue weighted by Crippen LogP contribution is -2.23. The molecule has 0 aliphatic carbocycles. The van der Waals surface area contributed by atoms with Gasteiger partial charge in [0.25, 0.3) is 5.91 Å². The molecule has 1 saturated heterocycles. The van der Waals surface area contributed by atoms with Crippen LogP contribution in [-0.4, -0.2) is 25.2 Å². The fourth-order valence-corrected chi connectivity index (χ4v) is 2.89. The lowest BCUT2D eigenvalue weighted by atomic mass is 10.2. The first kappa shape index (κ1) is 13.6. The monoisotopic (exact) mass is 302 g/mol. The van der Waals surface area contributed by atoms with Crippen LogP contribution in [0.4, 0.5) is 16.2 Å². The molecule has 0 bridgehead atoms. The van der Waals surface area contributed by atoms with Gasteiger partial charge in [-0.15, -0.1) is 11.3 Å². The zero-order chi connectivity index (χ0) is 14.8. The van der Waals surface area contributed by atoms with Crippen LogP contribution in [0.15, 0.2) is 36.4 Å². The Morgan fingerprint density at radius 1 is 1.33 bits per heavy atom. The fourth-order valence-electron chi connectivity index (χ4n) is 2.13. The Labute approximate surface area is 126 Å². The Morgan fingerprint density at radius 3 is 2.86 bits per heavy atom. The number of nitrogens with zero attached hydrogens (tertiary/aromatic N) is 1. The molecule has 1 aliphatic rings. The Kier molecular flexibility index (Phi) is 3.62. The summed E-state index contributed by atoms with van der Waals surface area (Å²) in [5.74, 6) is -0.144. The van der Waals surface area contributed by atoms with Gasteiger partial charge in [0.2, 0.25) is 0 Å².